The number of pyridine rings is 1. The number of halogens is 2. The maximum absolute atomic E-state index is 11.7. The smallest absolute Gasteiger partial charge is 0.308 e. The predicted molar refractivity (Wildman–Crippen MR) is 76.0 cm³/mol. The zero-order valence-corrected chi connectivity index (χ0v) is 11.5. The molecular formula is C12H9BrClN3O. The second kappa shape index (κ2) is 5.84. The van der Waals surface area contributed by atoms with Gasteiger partial charge in [-0.15, -0.1) is 0 Å². The first-order valence-corrected chi connectivity index (χ1v) is 6.26. The van der Waals surface area contributed by atoms with Crippen LogP contribution in [0, 0.1) is 0 Å². The Bertz CT molecular complexity index is 563. The minimum atomic E-state index is -0.372. The number of carbonyl (C=O) groups is 1. The van der Waals surface area contributed by atoms with Gasteiger partial charge in [0.1, 0.15) is 0 Å². The molecule has 6 heteroatoms. The lowest BCUT2D eigenvalue weighted by atomic mass is 10.3. The fourth-order valence-corrected chi connectivity index (χ4v) is 1.80. The molecule has 2 aromatic rings. The predicted octanol–water partition coefficient (Wildman–Crippen LogP) is 4.14. The van der Waals surface area contributed by atoms with Crippen LogP contribution < -0.4 is 10.6 Å². The third-order valence-corrected chi connectivity index (χ3v) is 2.82. The van der Waals surface area contributed by atoms with Gasteiger partial charge >= 0.3 is 6.03 Å². The summed E-state index contributed by atoms with van der Waals surface area (Å²) in [6, 6.07) is 10.4. The van der Waals surface area contributed by atoms with Crippen molar-refractivity contribution in [2.45, 2.75) is 0 Å². The van der Waals surface area contributed by atoms with Gasteiger partial charge in [0.25, 0.3) is 0 Å². The van der Waals surface area contributed by atoms with E-state index in [-0.39, 0.29) is 11.2 Å². The normalized spacial score (nSPS) is 9.89. The number of carbonyl (C=O) groups excluding carboxylic acids is 1. The van der Waals surface area contributed by atoms with Gasteiger partial charge < -0.3 is 10.6 Å². The number of urea groups is 1. The van der Waals surface area contributed by atoms with E-state index in [9.17, 15) is 4.79 Å². The van der Waals surface area contributed by atoms with E-state index in [1.165, 1.54) is 0 Å². The van der Waals surface area contributed by atoms with Crippen LogP contribution in [0.3, 0.4) is 0 Å². The molecule has 0 saturated carbocycles. The monoisotopic (exact) mass is 325 g/mol. The molecule has 1 aromatic heterocycles. The van der Waals surface area contributed by atoms with E-state index < -0.39 is 0 Å². The van der Waals surface area contributed by atoms with E-state index in [4.69, 9.17) is 11.6 Å². The molecule has 0 bridgehead atoms. The van der Waals surface area contributed by atoms with Gasteiger partial charge in [0.15, 0.2) is 5.15 Å². The number of nitrogens with zero attached hydrogens (tertiary/aromatic N) is 1. The van der Waals surface area contributed by atoms with Gasteiger partial charge in [0, 0.05) is 16.4 Å². The number of hydrogen-bond acceptors (Lipinski definition) is 2. The number of hydrogen-bond donors (Lipinski definition) is 2. The van der Waals surface area contributed by atoms with Crippen molar-refractivity contribution < 1.29 is 4.79 Å². The topological polar surface area (TPSA) is 54.0 Å². The number of rotatable bonds is 2. The lowest BCUT2D eigenvalue weighted by Crippen LogP contribution is -2.19. The Kier molecular flexibility index (Phi) is 4.17. The van der Waals surface area contributed by atoms with Crippen molar-refractivity contribution in [3.05, 3.63) is 52.2 Å². The van der Waals surface area contributed by atoms with Crippen LogP contribution in [0.15, 0.2) is 47.1 Å². The summed E-state index contributed by atoms with van der Waals surface area (Å²) in [7, 11) is 0. The maximum atomic E-state index is 11.7. The molecule has 0 spiro atoms. The van der Waals surface area contributed by atoms with E-state index in [1.807, 2.05) is 18.2 Å². The first-order valence-electron chi connectivity index (χ1n) is 5.09. The van der Waals surface area contributed by atoms with E-state index in [0.717, 1.165) is 4.47 Å². The molecule has 92 valence electrons. The molecule has 2 N–H and O–H groups in total. The van der Waals surface area contributed by atoms with E-state index in [0.29, 0.717) is 11.4 Å². The van der Waals surface area contributed by atoms with E-state index in [1.54, 1.807) is 24.4 Å². The third-order valence-electron chi connectivity index (χ3n) is 2.09. The summed E-state index contributed by atoms with van der Waals surface area (Å²) in [5.41, 5.74) is 1.15. The molecule has 0 unspecified atom stereocenters. The van der Waals surface area contributed by atoms with Gasteiger partial charge in [0.2, 0.25) is 0 Å². The molecule has 1 aromatic carbocycles. The van der Waals surface area contributed by atoms with Gasteiger partial charge in [-0.3, -0.25) is 0 Å². The number of anilines is 2. The van der Waals surface area contributed by atoms with Gasteiger partial charge in [0.05, 0.1) is 5.69 Å². The van der Waals surface area contributed by atoms with Gasteiger partial charge in [-0.25, -0.2) is 9.78 Å². The van der Waals surface area contributed by atoms with Crippen LogP contribution in [0.5, 0.6) is 0 Å². The Hall–Kier alpha value is -1.59. The number of aromatic nitrogens is 1. The van der Waals surface area contributed by atoms with Crippen molar-refractivity contribution >= 4 is 44.9 Å². The molecule has 2 rings (SSSR count). The van der Waals surface area contributed by atoms with Crippen LogP contribution in [0.25, 0.3) is 0 Å². The van der Waals surface area contributed by atoms with Crippen molar-refractivity contribution in [2.24, 2.45) is 0 Å². The summed E-state index contributed by atoms with van der Waals surface area (Å²) in [6.07, 6.45) is 1.56. The lowest BCUT2D eigenvalue weighted by molar-refractivity contribution is 0.262. The summed E-state index contributed by atoms with van der Waals surface area (Å²) in [4.78, 5) is 15.6. The third kappa shape index (κ3) is 3.45. The van der Waals surface area contributed by atoms with Gasteiger partial charge in [-0.05, 0) is 34.1 Å². The molecule has 0 aliphatic rings. The second-order valence-electron chi connectivity index (χ2n) is 3.44. The van der Waals surface area contributed by atoms with E-state index >= 15 is 0 Å². The van der Waals surface area contributed by atoms with Crippen LogP contribution >= 0.6 is 27.5 Å². The molecule has 1 heterocycles. The molecular weight excluding hydrogens is 318 g/mol. The summed E-state index contributed by atoms with van der Waals surface area (Å²) in [5, 5.41) is 5.55. The molecule has 18 heavy (non-hydrogen) atoms. The highest BCUT2D eigenvalue weighted by molar-refractivity contribution is 9.10. The fourth-order valence-electron chi connectivity index (χ4n) is 1.32. The largest absolute Gasteiger partial charge is 0.323 e. The quantitative estimate of drug-likeness (QED) is 0.815. The summed E-state index contributed by atoms with van der Waals surface area (Å²) in [6.45, 7) is 0. The SMILES string of the molecule is O=C(Nc1ccccc1)Nc1cc(Br)cnc1Cl. The Morgan fingerprint density at radius 2 is 1.94 bits per heavy atom. The molecule has 0 saturated heterocycles. The molecule has 0 atom stereocenters. The fraction of sp³-hybridized carbons (Fsp3) is 0. The second-order valence-corrected chi connectivity index (χ2v) is 4.71. The molecule has 0 aliphatic carbocycles. The molecule has 4 nitrogen and oxygen atoms in total. The van der Waals surface area contributed by atoms with Crippen LogP contribution in [0.4, 0.5) is 16.2 Å². The van der Waals surface area contributed by atoms with Crippen LogP contribution in [-0.4, -0.2) is 11.0 Å². The molecule has 2 amide bonds. The number of amides is 2. The first kappa shape index (κ1) is 12.9. The zero-order valence-electron chi connectivity index (χ0n) is 9.15. The van der Waals surface area contributed by atoms with Crippen LogP contribution in [-0.2, 0) is 0 Å². The Labute approximate surface area is 118 Å². The lowest BCUT2D eigenvalue weighted by Gasteiger charge is -2.08. The Morgan fingerprint density at radius 1 is 1.22 bits per heavy atom. The van der Waals surface area contributed by atoms with Gasteiger partial charge in [-0.2, -0.15) is 0 Å². The molecule has 0 radical (unpaired) electrons. The Balaban J connectivity index is 2.05. The van der Waals surface area contributed by atoms with Crippen molar-refractivity contribution in [1.82, 2.24) is 4.98 Å². The van der Waals surface area contributed by atoms with E-state index in [2.05, 4.69) is 31.5 Å². The first-order chi connectivity index (χ1) is 8.65. The maximum Gasteiger partial charge on any atom is 0.323 e. The van der Waals surface area contributed by atoms with Crippen LogP contribution in [0.2, 0.25) is 5.15 Å². The minimum absolute atomic E-state index is 0.237. The summed E-state index contributed by atoms with van der Waals surface area (Å²) >= 11 is 9.13. The number of nitrogens with one attached hydrogen (secondary N) is 2. The van der Waals surface area contributed by atoms with Crippen molar-refractivity contribution in [2.75, 3.05) is 10.6 Å². The summed E-state index contributed by atoms with van der Waals surface area (Å²) in [5.74, 6) is 0. The number of para-hydroxylation sites is 1. The minimum Gasteiger partial charge on any atom is -0.308 e. The van der Waals surface area contributed by atoms with Gasteiger partial charge in [-0.1, -0.05) is 29.8 Å². The summed E-state index contributed by atoms with van der Waals surface area (Å²) < 4.78 is 0.738. The van der Waals surface area contributed by atoms with Crippen molar-refractivity contribution in [3.63, 3.8) is 0 Å². The molecule has 0 aliphatic heterocycles. The highest BCUT2D eigenvalue weighted by atomic mass is 79.9. The average molecular weight is 327 g/mol. The van der Waals surface area contributed by atoms with Crippen LogP contribution in [0.1, 0.15) is 0 Å². The zero-order chi connectivity index (χ0) is 13.0. The standard InChI is InChI=1S/C12H9BrClN3O/c13-8-6-10(11(14)15-7-8)17-12(18)16-9-4-2-1-3-5-9/h1-7H,(H2,16,17,18). The number of benzene rings is 1. The average Bonchev–Trinajstić information content (AvgIpc) is 2.35. The van der Waals surface area contributed by atoms with Crippen molar-refractivity contribution in [1.29, 1.82) is 0 Å². The van der Waals surface area contributed by atoms with Crippen molar-refractivity contribution in [3.8, 4) is 0 Å². The highest BCUT2D eigenvalue weighted by Gasteiger charge is 2.07. The highest BCUT2D eigenvalue weighted by Crippen LogP contribution is 2.23. The Morgan fingerprint density at radius 3 is 2.67 bits per heavy atom. The molecule has 0 fully saturated rings.